The summed E-state index contributed by atoms with van der Waals surface area (Å²) in [5.41, 5.74) is 0. The normalized spacial score (nSPS) is 9.20. The highest BCUT2D eigenvalue weighted by atomic mass is 35.5. The smallest absolute Gasteiger partial charge is 0.107 e. The van der Waals surface area contributed by atoms with E-state index in [9.17, 15) is 0 Å². The van der Waals surface area contributed by atoms with E-state index in [4.69, 9.17) is 28.3 Å². The molecule has 0 amide bonds. The van der Waals surface area contributed by atoms with E-state index in [1.54, 1.807) is 0 Å². The van der Waals surface area contributed by atoms with Gasteiger partial charge in [-0.15, -0.1) is 23.2 Å². The van der Waals surface area contributed by atoms with Crippen LogP contribution < -0.4 is 6.15 Å². The Hall–Kier alpha value is 0.500. The highest BCUT2D eigenvalue weighted by molar-refractivity contribution is 6.44. The van der Waals surface area contributed by atoms with E-state index in [0.29, 0.717) is 0 Å². The topological polar surface area (TPSA) is 55.2 Å². The standard InChI is InChI=1S/C10H20Cl2.CH4O.H3N/c1-2-3-4-5-6-7-8-9-10(11)12;1-2;/h10H,2-9H2,1H3;2H,1H3;1H3. The minimum Gasteiger partial charge on any atom is -0.400 e. The van der Waals surface area contributed by atoms with Gasteiger partial charge >= 0.3 is 0 Å². The third kappa shape index (κ3) is 25.1. The first kappa shape index (κ1) is 20.9. The van der Waals surface area contributed by atoms with E-state index in [1.165, 1.54) is 44.9 Å². The first-order chi connectivity index (χ1) is 6.77. The van der Waals surface area contributed by atoms with Crippen LogP contribution in [0.2, 0.25) is 0 Å². The van der Waals surface area contributed by atoms with E-state index in [-0.39, 0.29) is 11.0 Å². The fourth-order valence-corrected chi connectivity index (χ4v) is 1.56. The summed E-state index contributed by atoms with van der Waals surface area (Å²) in [5.74, 6) is 0. The van der Waals surface area contributed by atoms with Crippen molar-refractivity contribution in [3.63, 3.8) is 0 Å². The molecule has 0 atom stereocenters. The molecule has 4 heteroatoms. The molecule has 0 aliphatic heterocycles. The van der Waals surface area contributed by atoms with Gasteiger partial charge in [0.25, 0.3) is 0 Å². The maximum Gasteiger partial charge on any atom is 0.107 e. The van der Waals surface area contributed by atoms with Crippen LogP contribution in [0.3, 0.4) is 0 Å². The second-order valence-corrected chi connectivity index (χ2v) is 4.58. The van der Waals surface area contributed by atoms with Crippen LogP contribution >= 0.6 is 23.2 Å². The summed E-state index contributed by atoms with van der Waals surface area (Å²) in [6.07, 6.45) is 10.3. The zero-order valence-electron chi connectivity index (χ0n) is 10.1. The Morgan fingerprint density at radius 3 is 1.67 bits per heavy atom. The Labute approximate surface area is 105 Å². The third-order valence-corrected chi connectivity index (χ3v) is 2.46. The van der Waals surface area contributed by atoms with Gasteiger partial charge in [0.15, 0.2) is 0 Å². The first-order valence-corrected chi connectivity index (χ1v) is 6.37. The van der Waals surface area contributed by atoms with Crippen molar-refractivity contribution >= 4 is 23.2 Å². The summed E-state index contributed by atoms with van der Waals surface area (Å²) in [6.45, 7) is 2.24. The van der Waals surface area contributed by atoms with Crippen molar-refractivity contribution in [3.8, 4) is 0 Å². The lowest BCUT2D eigenvalue weighted by Gasteiger charge is -2.01. The Morgan fingerprint density at radius 2 is 1.27 bits per heavy atom. The second kappa shape index (κ2) is 20.0. The summed E-state index contributed by atoms with van der Waals surface area (Å²) in [4.78, 5) is -0.152. The molecular formula is C11H27Cl2NO. The molecule has 0 aliphatic carbocycles. The lowest BCUT2D eigenvalue weighted by atomic mass is 10.1. The Balaban J connectivity index is -0.000000449. The predicted molar refractivity (Wildman–Crippen MR) is 71.3 cm³/mol. The number of aliphatic hydroxyl groups is 1. The van der Waals surface area contributed by atoms with Crippen LogP contribution in [0.4, 0.5) is 0 Å². The molecule has 0 saturated heterocycles. The minimum atomic E-state index is -0.152. The molecule has 0 spiro atoms. The van der Waals surface area contributed by atoms with E-state index in [2.05, 4.69) is 6.92 Å². The van der Waals surface area contributed by atoms with Crippen LogP contribution in [-0.4, -0.2) is 17.1 Å². The molecule has 0 rings (SSSR count). The average molecular weight is 260 g/mol. The van der Waals surface area contributed by atoms with Crippen LogP contribution in [0.1, 0.15) is 58.3 Å². The molecule has 0 unspecified atom stereocenters. The Kier molecular flexibility index (Phi) is 27.8. The number of unbranched alkanes of at least 4 members (excludes halogenated alkanes) is 6. The zero-order valence-corrected chi connectivity index (χ0v) is 11.7. The summed E-state index contributed by atoms with van der Waals surface area (Å²) in [7, 11) is 1.00. The van der Waals surface area contributed by atoms with Gasteiger partial charge in [0.05, 0.1) is 0 Å². The van der Waals surface area contributed by atoms with Gasteiger partial charge in [0, 0.05) is 7.11 Å². The summed E-state index contributed by atoms with van der Waals surface area (Å²) in [5, 5.41) is 7.00. The number of rotatable bonds is 8. The van der Waals surface area contributed by atoms with Gasteiger partial charge in [-0.2, -0.15) is 0 Å². The first-order valence-electron chi connectivity index (χ1n) is 5.50. The molecule has 0 heterocycles. The highest BCUT2D eigenvalue weighted by Crippen LogP contribution is 2.14. The van der Waals surface area contributed by atoms with Crippen LogP contribution in [0, 0.1) is 0 Å². The van der Waals surface area contributed by atoms with E-state index < -0.39 is 0 Å². The fourth-order valence-electron chi connectivity index (χ4n) is 1.26. The molecule has 15 heavy (non-hydrogen) atoms. The van der Waals surface area contributed by atoms with E-state index >= 15 is 0 Å². The molecule has 0 saturated carbocycles. The molecule has 4 N–H and O–H groups in total. The maximum absolute atomic E-state index is 7.00. The molecule has 0 aromatic heterocycles. The molecule has 0 fully saturated rings. The number of alkyl halides is 2. The minimum absolute atomic E-state index is 0. The quantitative estimate of drug-likeness (QED) is 0.491. The molecule has 0 aromatic rings. The SMILES string of the molecule is CCCCCCCCCC(Cl)Cl.CO.N. The lowest BCUT2D eigenvalue weighted by Crippen LogP contribution is -1.86. The van der Waals surface area contributed by atoms with Crippen molar-refractivity contribution in [1.29, 1.82) is 0 Å². The predicted octanol–water partition coefficient (Wildman–Crippen LogP) is 4.70. The number of halogens is 2. The molecule has 0 aromatic carbocycles. The van der Waals surface area contributed by atoms with Gasteiger partial charge in [-0.3, -0.25) is 0 Å². The largest absolute Gasteiger partial charge is 0.400 e. The van der Waals surface area contributed by atoms with E-state index in [1.807, 2.05) is 0 Å². The van der Waals surface area contributed by atoms with E-state index in [0.717, 1.165) is 13.5 Å². The van der Waals surface area contributed by atoms with Crippen LogP contribution in [-0.2, 0) is 0 Å². The lowest BCUT2D eigenvalue weighted by molar-refractivity contribution is 0.399. The molecule has 0 radical (unpaired) electrons. The van der Waals surface area contributed by atoms with Crippen LogP contribution in [0.25, 0.3) is 0 Å². The molecule has 2 nitrogen and oxygen atoms in total. The highest BCUT2D eigenvalue weighted by Gasteiger charge is 1.97. The van der Waals surface area contributed by atoms with Gasteiger partial charge in [-0.25, -0.2) is 0 Å². The molecule has 0 bridgehead atoms. The summed E-state index contributed by atoms with van der Waals surface area (Å²) < 4.78 is 0. The van der Waals surface area contributed by atoms with Crippen molar-refractivity contribution in [2.24, 2.45) is 0 Å². The van der Waals surface area contributed by atoms with Crippen molar-refractivity contribution in [3.05, 3.63) is 0 Å². The number of hydrogen-bond donors (Lipinski definition) is 2. The molecular weight excluding hydrogens is 233 g/mol. The molecule has 96 valence electrons. The third-order valence-electron chi connectivity index (χ3n) is 2.03. The summed E-state index contributed by atoms with van der Waals surface area (Å²) in [6, 6.07) is 0. The summed E-state index contributed by atoms with van der Waals surface area (Å²) >= 11 is 11.2. The number of aliphatic hydroxyl groups excluding tert-OH is 1. The van der Waals surface area contributed by atoms with Crippen LogP contribution in [0.5, 0.6) is 0 Å². The van der Waals surface area contributed by atoms with Crippen molar-refractivity contribution in [2.75, 3.05) is 7.11 Å². The molecule has 0 aliphatic rings. The van der Waals surface area contributed by atoms with Gasteiger partial charge < -0.3 is 11.3 Å². The average Bonchev–Trinajstić information content (AvgIpc) is 2.19. The zero-order chi connectivity index (χ0) is 11.2. The second-order valence-electron chi connectivity index (χ2n) is 3.30. The monoisotopic (exact) mass is 259 g/mol. The maximum atomic E-state index is 7.00. The fraction of sp³-hybridized carbons (Fsp3) is 1.00. The van der Waals surface area contributed by atoms with Crippen molar-refractivity contribution in [2.45, 2.75) is 63.1 Å². The van der Waals surface area contributed by atoms with Gasteiger partial charge in [-0.1, -0.05) is 51.9 Å². The van der Waals surface area contributed by atoms with Gasteiger partial charge in [-0.05, 0) is 6.42 Å². The number of hydrogen-bond acceptors (Lipinski definition) is 2. The Bertz CT molecular complexity index is 92.7. The van der Waals surface area contributed by atoms with Gasteiger partial charge in [0.1, 0.15) is 4.84 Å². The van der Waals surface area contributed by atoms with Gasteiger partial charge in [0.2, 0.25) is 0 Å². The van der Waals surface area contributed by atoms with Crippen molar-refractivity contribution < 1.29 is 5.11 Å². The van der Waals surface area contributed by atoms with Crippen LogP contribution in [0.15, 0.2) is 0 Å². The Morgan fingerprint density at radius 1 is 0.867 bits per heavy atom. The van der Waals surface area contributed by atoms with Crippen molar-refractivity contribution in [1.82, 2.24) is 6.15 Å².